The van der Waals surface area contributed by atoms with Crippen LogP contribution in [0.1, 0.15) is 30.1 Å². The largest absolute Gasteiger partial charge is 0.378 e. The number of hydrogen-bond acceptors (Lipinski definition) is 2. The number of amides is 1. The van der Waals surface area contributed by atoms with Crippen LogP contribution in [0.3, 0.4) is 0 Å². The normalized spacial score (nSPS) is 23.0. The maximum Gasteiger partial charge on any atom is 0.254 e. The highest BCUT2D eigenvalue weighted by Crippen LogP contribution is 2.22. The van der Waals surface area contributed by atoms with Crippen molar-refractivity contribution < 1.29 is 13.9 Å². The number of nitrogens with one attached hydrogen (secondary N) is 1. The Balaban J connectivity index is 1.91. The van der Waals surface area contributed by atoms with Crippen molar-refractivity contribution in [1.29, 1.82) is 0 Å². The van der Waals surface area contributed by atoms with Crippen LogP contribution in [0, 0.1) is 11.7 Å². The Bertz CT molecular complexity index is 422. The molecule has 1 heterocycles. The summed E-state index contributed by atoms with van der Waals surface area (Å²) in [5.41, 5.74) is 0.101. The average molecular weight is 251 g/mol. The van der Waals surface area contributed by atoms with Gasteiger partial charge in [0.25, 0.3) is 5.91 Å². The summed E-state index contributed by atoms with van der Waals surface area (Å²) in [6.45, 7) is 3.37. The van der Waals surface area contributed by atoms with E-state index in [0.717, 1.165) is 19.4 Å². The number of rotatable bonds is 4. The van der Waals surface area contributed by atoms with Gasteiger partial charge in [-0.15, -0.1) is 0 Å². The first kappa shape index (κ1) is 13.0. The minimum absolute atomic E-state index is 0.101. The zero-order valence-electron chi connectivity index (χ0n) is 10.5. The third-order valence-corrected chi connectivity index (χ3v) is 3.39. The molecule has 1 aliphatic rings. The van der Waals surface area contributed by atoms with Crippen molar-refractivity contribution in [2.45, 2.75) is 25.9 Å². The molecule has 1 fully saturated rings. The molecule has 1 saturated heterocycles. The molecular weight excluding hydrogens is 233 g/mol. The molecule has 0 saturated carbocycles. The second kappa shape index (κ2) is 5.96. The molecule has 0 aliphatic carbocycles. The van der Waals surface area contributed by atoms with Crippen LogP contribution in [0.5, 0.6) is 0 Å². The Morgan fingerprint density at radius 2 is 2.28 bits per heavy atom. The van der Waals surface area contributed by atoms with E-state index in [-0.39, 0.29) is 17.6 Å². The highest BCUT2D eigenvalue weighted by molar-refractivity contribution is 5.94. The molecule has 2 rings (SSSR count). The molecule has 2 unspecified atom stereocenters. The first-order valence-electron chi connectivity index (χ1n) is 6.36. The van der Waals surface area contributed by atoms with Gasteiger partial charge in [0, 0.05) is 19.1 Å². The summed E-state index contributed by atoms with van der Waals surface area (Å²) < 4.78 is 18.9. The molecule has 3 nitrogen and oxygen atoms in total. The van der Waals surface area contributed by atoms with E-state index in [2.05, 4.69) is 12.2 Å². The summed E-state index contributed by atoms with van der Waals surface area (Å²) >= 11 is 0. The molecule has 0 radical (unpaired) electrons. The van der Waals surface area contributed by atoms with Gasteiger partial charge in [0.2, 0.25) is 0 Å². The van der Waals surface area contributed by atoms with Gasteiger partial charge in [-0.2, -0.15) is 0 Å². The highest BCUT2D eigenvalue weighted by atomic mass is 19.1. The van der Waals surface area contributed by atoms with E-state index in [1.807, 2.05) is 0 Å². The molecule has 4 heteroatoms. The van der Waals surface area contributed by atoms with Crippen molar-refractivity contribution in [2.75, 3.05) is 13.2 Å². The first-order chi connectivity index (χ1) is 8.72. The lowest BCUT2D eigenvalue weighted by atomic mass is 9.99. The molecule has 0 spiro atoms. The molecule has 1 aliphatic heterocycles. The zero-order chi connectivity index (χ0) is 13.0. The van der Waals surface area contributed by atoms with Crippen LogP contribution < -0.4 is 5.32 Å². The van der Waals surface area contributed by atoms with Gasteiger partial charge in [0.1, 0.15) is 5.82 Å². The summed E-state index contributed by atoms with van der Waals surface area (Å²) in [6.07, 6.45) is 2.11. The second-order valence-electron chi connectivity index (χ2n) is 4.56. The number of benzene rings is 1. The van der Waals surface area contributed by atoms with Gasteiger partial charge in [-0.1, -0.05) is 19.1 Å². The Morgan fingerprint density at radius 3 is 3.00 bits per heavy atom. The van der Waals surface area contributed by atoms with E-state index in [1.54, 1.807) is 12.1 Å². The van der Waals surface area contributed by atoms with Crippen molar-refractivity contribution in [3.05, 3.63) is 35.6 Å². The molecule has 98 valence electrons. The van der Waals surface area contributed by atoms with Crippen LogP contribution in [0.2, 0.25) is 0 Å². The van der Waals surface area contributed by atoms with Crippen LogP contribution in [0.4, 0.5) is 4.39 Å². The number of ether oxygens (including phenoxy) is 1. The summed E-state index contributed by atoms with van der Waals surface area (Å²) in [6, 6.07) is 6.02. The van der Waals surface area contributed by atoms with Crippen LogP contribution in [0.15, 0.2) is 24.3 Å². The Kier molecular flexibility index (Phi) is 4.31. The fourth-order valence-electron chi connectivity index (χ4n) is 2.34. The zero-order valence-corrected chi connectivity index (χ0v) is 10.5. The molecule has 2 atom stereocenters. The minimum atomic E-state index is -0.482. The van der Waals surface area contributed by atoms with E-state index >= 15 is 0 Å². The standard InChI is InChI=1S/C14H18FNO2/c1-2-13-10(7-8-18-13)9-16-14(17)11-5-3-4-6-12(11)15/h3-6,10,13H,2,7-9H2,1H3,(H,16,17). The molecule has 1 aromatic carbocycles. The molecule has 1 amide bonds. The van der Waals surface area contributed by atoms with Crippen molar-refractivity contribution in [2.24, 2.45) is 5.92 Å². The molecule has 1 aromatic rings. The predicted octanol–water partition coefficient (Wildman–Crippen LogP) is 2.37. The van der Waals surface area contributed by atoms with E-state index in [0.29, 0.717) is 12.5 Å². The minimum Gasteiger partial charge on any atom is -0.378 e. The van der Waals surface area contributed by atoms with Crippen molar-refractivity contribution in [1.82, 2.24) is 5.32 Å². The fraction of sp³-hybridized carbons (Fsp3) is 0.500. The number of carbonyl (C=O) groups excluding carboxylic acids is 1. The fourth-order valence-corrected chi connectivity index (χ4v) is 2.34. The number of halogens is 1. The molecule has 18 heavy (non-hydrogen) atoms. The van der Waals surface area contributed by atoms with Gasteiger partial charge in [-0.05, 0) is 25.0 Å². The predicted molar refractivity (Wildman–Crippen MR) is 66.9 cm³/mol. The van der Waals surface area contributed by atoms with Gasteiger partial charge >= 0.3 is 0 Å². The maximum absolute atomic E-state index is 13.4. The first-order valence-corrected chi connectivity index (χ1v) is 6.36. The average Bonchev–Trinajstić information content (AvgIpc) is 2.84. The van der Waals surface area contributed by atoms with Gasteiger partial charge in [-0.3, -0.25) is 4.79 Å². The van der Waals surface area contributed by atoms with Crippen molar-refractivity contribution in [3.8, 4) is 0 Å². The van der Waals surface area contributed by atoms with Crippen LogP contribution in [-0.2, 0) is 4.74 Å². The van der Waals surface area contributed by atoms with Crippen LogP contribution in [-0.4, -0.2) is 25.2 Å². The lowest BCUT2D eigenvalue weighted by Crippen LogP contribution is -2.33. The molecule has 0 aromatic heterocycles. The SMILES string of the molecule is CCC1OCCC1CNC(=O)c1ccccc1F. The summed E-state index contributed by atoms with van der Waals surface area (Å²) in [5.74, 6) is -0.495. The quantitative estimate of drug-likeness (QED) is 0.892. The maximum atomic E-state index is 13.4. The lowest BCUT2D eigenvalue weighted by Gasteiger charge is -2.17. The number of carbonyl (C=O) groups is 1. The third-order valence-electron chi connectivity index (χ3n) is 3.39. The molecule has 0 bridgehead atoms. The lowest BCUT2D eigenvalue weighted by molar-refractivity contribution is 0.0825. The van der Waals surface area contributed by atoms with Crippen molar-refractivity contribution >= 4 is 5.91 Å². The Morgan fingerprint density at radius 1 is 1.50 bits per heavy atom. The van der Waals surface area contributed by atoms with Gasteiger partial charge in [-0.25, -0.2) is 4.39 Å². The topological polar surface area (TPSA) is 38.3 Å². The van der Waals surface area contributed by atoms with E-state index in [9.17, 15) is 9.18 Å². The van der Waals surface area contributed by atoms with Gasteiger partial charge < -0.3 is 10.1 Å². The second-order valence-corrected chi connectivity index (χ2v) is 4.56. The Hall–Kier alpha value is -1.42. The van der Waals surface area contributed by atoms with Gasteiger partial charge in [0.15, 0.2) is 0 Å². The van der Waals surface area contributed by atoms with Gasteiger partial charge in [0.05, 0.1) is 11.7 Å². The Labute approximate surface area is 106 Å². The smallest absolute Gasteiger partial charge is 0.254 e. The molecular formula is C14H18FNO2. The van der Waals surface area contributed by atoms with E-state index < -0.39 is 5.82 Å². The highest BCUT2D eigenvalue weighted by Gasteiger charge is 2.27. The van der Waals surface area contributed by atoms with E-state index in [1.165, 1.54) is 12.1 Å². The van der Waals surface area contributed by atoms with Crippen LogP contribution in [0.25, 0.3) is 0 Å². The monoisotopic (exact) mass is 251 g/mol. The number of hydrogen-bond donors (Lipinski definition) is 1. The van der Waals surface area contributed by atoms with Crippen LogP contribution >= 0.6 is 0 Å². The molecule has 1 N–H and O–H groups in total. The van der Waals surface area contributed by atoms with E-state index in [4.69, 9.17) is 4.74 Å². The third kappa shape index (κ3) is 2.88. The summed E-state index contributed by atoms with van der Waals surface area (Å²) in [5, 5.41) is 2.79. The summed E-state index contributed by atoms with van der Waals surface area (Å²) in [7, 11) is 0. The van der Waals surface area contributed by atoms with Crippen molar-refractivity contribution in [3.63, 3.8) is 0 Å². The summed E-state index contributed by atoms with van der Waals surface area (Å²) in [4.78, 5) is 11.8.